The highest BCUT2D eigenvalue weighted by Gasteiger charge is 2.05. The molecule has 0 saturated carbocycles. The van der Waals surface area contributed by atoms with E-state index >= 15 is 0 Å². The molecule has 0 fully saturated rings. The molecule has 1 aromatic carbocycles. The second-order valence-electron chi connectivity index (χ2n) is 3.82. The van der Waals surface area contributed by atoms with Crippen molar-refractivity contribution in [1.82, 2.24) is 4.98 Å². The lowest BCUT2D eigenvalue weighted by molar-refractivity contribution is -0.116. The number of pyridine rings is 1. The number of benzene rings is 1. The summed E-state index contributed by atoms with van der Waals surface area (Å²) >= 11 is 7.40. The summed E-state index contributed by atoms with van der Waals surface area (Å²) in [4.78, 5) is 16.7. The Morgan fingerprint density at radius 3 is 2.72 bits per heavy atom. The molecule has 0 spiro atoms. The third-order valence-electron chi connectivity index (χ3n) is 2.35. The number of nitrogens with zero attached hydrogens (tertiary/aromatic N) is 1. The van der Waals surface area contributed by atoms with Crippen LogP contribution in [0.25, 0.3) is 0 Å². The Bertz CT molecular complexity index is 530. The lowest BCUT2D eigenvalue weighted by atomic mass is 10.1. The molecule has 1 heterocycles. The predicted molar refractivity (Wildman–Crippen MR) is 75.1 cm³/mol. The van der Waals surface area contributed by atoms with Crippen LogP contribution >= 0.6 is 23.4 Å². The largest absolute Gasteiger partial charge is 0.298 e. The SMILES string of the molecule is O=C(CSc1cccc(Cl)c1)Cc1ccncc1. The minimum absolute atomic E-state index is 0.200. The molecule has 0 aliphatic rings. The van der Waals surface area contributed by atoms with Crippen LogP contribution in [-0.4, -0.2) is 16.5 Å². The van der Waals surface area contributed by atoms with Crippen molar-refractivity contribution in [3.8, 4) is 0 Å². The monoisotopic (exact) mass is 277 g/mol. The van der Waals surface area contributed by atoms with Gasteiger partial charge in [0.1, 0.15) is 5.78 Å². The van der Waals surface area contributed by atoms with Crippen molar-refractivity contribution in [3.63, 3.8) is 0 Å². The van der Waals surface area contributed by atoms with E-state index in [4.69, 9.17) is 11.6 Å². The van der Waals surface area contributed by atoms with Gasteiger partial charge in [0.2, 0.25) is 0 Å². The average Bonchev–Trinajstić information content (AvgIpc) is 2.38. The standard InChI is InChI=1S/C14H12ClNOS/c15-12-2-1-3-14(9-12)18-10-13(17)8-11-4-6-16-7-5-11/h1-7,9H,8,10H2. The number of hydrogen-bond acceptors (Lipinski definition) is 3. The van der Waals surface area contributed by atoms with Crippen molar-refractivity contribution in [3.05, 3.63) is 59.4 Å². The van der Waals surface area contributed by atoms with E-state index in [0.29, 0.717) is 17.2 Å². The number of thioether (sulfide) groups is 1. The van der Waals surface area contributed by atoms with Crippen LogP contribution < -0.4 is 0 Å². The van der Waals surface area contributed by atoms with Crippen molar-refractivity contribution in [1.29, 1.82) is 0 Å². The van der Waals surface area contributed by atoms with Crippen molar-refractivity contribution in [2.75, 3.05) is 5.75 Å². The third-order valence-corrected chi connectivity index (χ3v) is 3.64. The van der Waals surface area contributed by atoms with Crippen molar-refractivity contribution in [2.45, 2.75) is 11.3 Å². The Morgan fingerprint density at radius 1 is 1.22 bits per heavy atom. The van der Waals surface area contributed by atoms with Crippen LogP contribution in [0.3, 0.4) is 0 Å². The predicted octanol–water partition coefficient (Wildman–Crippen LogP) is 3.64. The van der Waals surface area contributed by atoms with E-state index in [1.165, 1.54) is 11.8 Å². The van der Waals surface area contributed by atoms with Gasteiger partial charge in [-0.1, -0.05) is 17.7 Å². The van der Waals surface area contributed by atoms with E-state index in [-0.39, 0.29) is 5.78 Å². The smallest absolute Gasteiger partial charge is 0.147 e. The first-order valence-corrected chi connectivity index (χ1v) is 6.89. The molecule has 0 bridgehead atoms. The molecule has 92 valence electrons. The highest BCUT2D eigenvalue weighted by atomic mass is 35.5. The van der Waals surface area contributed by atoms with Crippen LogP contribution in [0.4, 0.5) is 0 Å². The van der Waals surface area contributed by atoms with E-state index in [2.05, 4.69) is 4.98 Å². The van der Waals surface area contributed by atoms with Gasteiger partial charge in [-0.15, -0.1) is 11.8 Å². The Labute approximate surface area is 115 Å². The van der Waals surface area contributed by atoms with Crippen LogP contribution in [-0.2, 0) is 11.2 Å². The highest BCUT2D eigenvalue weighted by Crippen LogP contribution is 2.21. The molecule has 4 heteroatoms. The summed E-state index contributed by atoms with van der Waals surface area (Å²) in [5, 5.41) is 0.696. The maximum absolute atomic E-state index is 11.8. The topological polar surface area (TPSA) is 30.0 Å². The summed E-state index contributed by atoms with van der Waals surface area (Å²) in [6.07, 6.45) is 3.86. The number of aromatic nitrogens is 1. The van der Waals surface area contributed by atoms with E-state index in [9.17, 15) is 4.79 Å². The van der Waals surface area contributed by atoms with Gasteiger partial charge in [0.05, 0.1) is 5.75 Å². The minimum atomic E-state index is 0.200. The summed E-state index contributed by atoms with van der Waals surface area (Å²) in [7, 11) is 0. The Balaban J connectivity index is 1.85. The average molecular weight is 278 g/mol. The van der Waals surface area contributed by atoms with Crippen molar-refractivity contribution >= 4 is 29.1 Å². The third kappa shape index (κ3) is 4.17. The molecule has 0 aliphatic carbocycles. The van der Waals surface area contributed by atoms with Gasteiger partial charge in [-0.25, -0.2) is 0 Å². The van der Waals surface area contributed by atoms with Crippen LogP contribution in [0.15, 0.2) is 53.7 Å². The summed E-state index contributed by atoms with van der Waals surface area (Å²) in [6, 6.07) is 11.3. The Kier molecular flexibility index (Phi) is 4.79. The molecule has 2 aromatic rings. The van der Waals surface area contributed by atoms with Crippen molar-refractivity contribution in [2.24, 2.45) is 0 Å². The fraction of sp³-hybridized carbons (Fsp3) is 0.143. The normalized spacial score (nSPS) is 10.3. The zero-order chi connectivity index (χ0) is 12.8. The van der Waals surface area contributed by atoms with Crippen LogP contribution in [0, 0.1) is 0 Å². The number of ketones is 1. The first kappa shape index (κ1) is 13.1. The van der Waals surface area contributed by atoms with Crippen LogP contribution in [0.2, 0.25) is 5.02 Å². The molecule has 0 unspecified atom stereocenters. The second-order valence-corrected chi connectivity index (χ2v) is 5.30. The zero-order valence-electron chi connectivity index (χ0n) is 9.67. The molecule has 0 N–H and O–H groups in total. The quantitative estimate of drug-likeness (QED) is 0.782. The van der Waals surface area contributed by atoms with Gasteiger partial charge in [-0.2, -0.15) is 0 Å². The molecule has 0 saturated heterocycles. The first-order chi connectivity index (χ1) is 8.74. The second kappa shape index (κ2) is 6.57. The van der Waals surface area contributed by atoms with Crippen LogP contribution in [0.5, 0.6) is 0 Å². The number of carbonyl (C=O) groups is 1. The fourth-order valence-electron chi connectivity index (χ4n) is 1.50. The molecule has 0 radical (unpaired) electrons. The molecular formula is C14H12ClNOS. The van der Waals surface area contributed by atoms with Gasteiger partial charge < -0.3 is 0 Å². The summed E-state index contributed by atoms with van der Waals surface area (Å²) in [6.45, 7) is 0. The number of Topliss-reactive ketones (excluding diaryl/α,β-unsaturated/α-hetero) is 1. The maximum Gasteiger partial charge on any atom is 0.147 e. The molecule has 18 heavy (non-hydrogen) atoms. The highest BCUT2D eigenvalue weighted by molar-refractivity contribution is 8.00. The van der Waals surface area contributed by atoms with Gasteiger partial charge in [0, 0.05) is 28.7 Å². The molecule has 2 rings (SSSR count). The lowest BCUT2D eigenvalue weighted by Gasteiger charge is -2.02. The van der Waals surface area contributed by atoms with E-state index in [0.717, 1.165) is 10.5 Å². The van der Waals surface area contributed by atoms with Crippen molar-refractivity contribution < 1.29 is 4.79 Å². The molecule has 0 amide bonds. The Hall–Kier alpha value is -1.32. The van der Waals surface area contributed by atoms with E-state index < -0.39 is 0 Å². The van der Waals surface area contributed by atoms with Gasteiger partial charge in [-0.3, -0.25) is 9.78 Å². The molecule has 1 aromatic heterocycles. The lowest BCUT2D eigenvalue weighted by Crippen LogP contribution is -2.05. The fourth-order valence-corrected chi connectivity index (χ4v) is 2.57. The first-order valence-electron chi connectivity index (χ1n) is 5.53. The Morgan fingerprint density at radius 2 is 2.00 bits per heavy atom. The number of rotatable bonds is 5. The molecule has 2 nitrogen and oxygen atoms in total. The van der Waals surface area contributed by atoms with E-state index in [1.54, 1.807) is 12.4 Å². The van der Waals surface area contributed by atoms with Gasteiger partial charge in [0.25, 0.3) is 0 Å². The minimum Gasteiger partial charge on any atom is -0.298 e. The van der Waals surface area contributed by atoms with Crippen LogP contribution in [0.1, 0.15) is 5.56 Å². The summed E-state index contributed by atoms with van der Waals surface area (Å²) in [5.41, 5.74) is 1.00. The molecule has 0 atom stereocenters. The van der Waals surface area contributed by atoms with Gasteiger partial charge in [0.15, 0.2) is 0 Å². The number of hydrogen-bond donors (Lipinski definition) is 0. The maximum atomic E-state index is 11.8. The number of carbonyl (C=O) groups excluding carboxylic acids is 1. The molecule has 0 aliphatic heterocycles. The van der Waals surface area contributed by atoms with Gasteiger partial charge >= 0.3 is 0 Å². The van der Waals surface area contributed by atoms with Gasteiger partial charge in [-0.05, 0) is 35.9 Å². The molecular weight excluding hydrogens is 266 g/mol. The zero-order valence-corrected chi connectivity index (χ0v) is 11.2. The summed E-state index contributed by atoms with van der Waals surface area (Å²) < 4.78 is 0. The number of halogens is 1. The van der Waals surface area contributed by atoms with E-state index in [1.807, 2.05) is 36.4 Å². The summed E-state index contributed by atoms with van der Waals surface area (Å²) in [5.74, 6) is 0.661.